The molecule has 134 valence electrons. The molecule has 1 atom stereocenters. The first-order valence-electron chi connectivity index (χ1n) is 9.44. The molecule has 2 aliphatic rings. The highest BCUT2D eigenvalue weighted by Crippen LogP contribution is 2.26. The molecule has 2 aliphatic heterocycles. The summed E-state index contributed by atoms with van der Waals surface area (Å²) in [4.78, 5) is 23.1. The van der Waals surface area contributed by atoms with E-state index in [0.29, 0.717) is 24.2 Å². The number of carbonyl (C=O) groups is 1. The summed E-state index contributed by atoms with van der Waals surface area (Å²) in [6.45, 7) is 12.0. The van der Waals surface area contributed by atoms with Gasteiger partial charge < -0.3 is 10.3 Å². The molecular weight excluding hydrogens is 300 g/mol. The number of piperidine rings is 1. The van der Waals surface area contributed by atoms with E-state index in [1.165, 1.54) is 25.8 Å². The first-order valence-corrected chi connectivity index (χ1v) is 9.44. The van der Waals surface area contributed by atoms with Gasteiger partial charge in [-0.1, -0.05) is 34.1 Å². The Bertz CT molecular complexity index is 590. The minimum atomic E-state index is -0.0271. The Morgan fingerprint density at radius 1 is 1.33 bits per heavy atom. The molecule has 5 nitrogen and oxygen atoms in total. The van der Waals surface area contributed by atoms with Gasteiger partial charge in [0.15, 0.2) is 0 Å². The summed E-state index contributed by atoms with van der Waals surface area (Å²) in [5.41, 5.74) is 1.69. The van der Waals surface area contributed by atoms with E-state index in [9.17, 15) is 4.79 Å². The van der Waals surface area contributed by atoms with Gasteiger partial charge in [-0.25, -0.2) is 4.98 Å². The van der Waals surface area contributed by atoms with Crippen molar-refractivity contribution >= 4 is 5.91 Å². The van der Waals surface area contributed by atoms with Crippen LogP contribution >= 0.6 is 0 Å². The van der Waals surface area contributed by atoms with E-state index in [2.05, 4.69) is 47.9 Å². The van der Waals surface area contributed by atoms with Crippen molar-refractivity contribution in [3.63, 3.8) is 0 Å². The number of hydrogen-bond donors (Lipinski definition) is 2. The van der Waals surface area contributed by atoms with E-state index < -0.39 is 0 Å². The molecule has 0 radical (unpaired) electrons. The topological polar surface area (TPSA) is 61.0 Å². The number of fused-ring (bicyclic) bond motifs is 1. The molecule has 3 heterocycles. The number of aromatic nitrogens is 2. The predicted octanol–water partition coefficient (Wildman–Crippen LogP) is 2.77. The standard InChI is InChI=1S/C19H32N4O/c1-13(2)11-23-8-6-5-7-14(23)9-16-21-15-10-19(3,4)12-20-18(24)17(15)22-16/h13-14H,5-12H2,1-4H3,(H,20,24)(H,21,22)/t14-/m0/s1. The van der Waals surface area contributed by atoms with Gasteiger partial charge in [0.1, 0.15) is 11.5 Å². The molecule has 1 amide bonds. The number of likely N-dealkylation sites (tertiary alicyclic amines) is 1. The van der Waals surface area contributed by atoms with Crippen LogP contribution in [0.15, 0.2) is 0 Å². The second-order valence-electron chi connectivity index (χ2n) is 8.78. The number of nitrogens with one attached hydrogen (secondary N) is 2. The molecular formula is C19H32N4O. The lowest BCUT2D eigenvalue weighted by atomic mass is 9.88. The average molecular weight is 332 g/mol. The molecule has 1 fully saturated rings. The van der Waals surface area contributed by atoms with Crippen LogP contribution in [0.25, 0.3) is 0 Å². The molecule has 0 bridgehead atoms. The van der Waals surface area contributed by atoms with E-state index >= 15 is 0 Å². The molecule has 0 aliphatic carbocycles. The average Bonchev–Trinajstić information content (AvgIpc) is 2.84. The molecule has 3 rings (SSSR count). The highest BCUT2D eigenvalue weighted by atomic mass is 16.1. The molecule has 0 aromatic carbocycles. The van der Waals surface area contributed by atoms with Gasteiger partial charge in [0.2, 0.25) is 0 Å². The predicted molar refractivity (Wildman–Crippen MR) is 96.2 cm³/mol. The lowest BCUT2D eigenvalue weighted by molar-refractivity contribution is 0.0940. The van der Waals surface area contributed by atoms with Crippen LogP contribution in [0.1, 0.15) is 69.0 Å². The molecule has 0 unspecified atom stereocenters. The summed E-state index contributed by atoms with van der Waals surface area (Å²) in [5, 5.41) is 3.01. The van der Waals surface area contributed by atoms with Gasteiger partial charge in [0, 0.05) is 31.2 Å². The van der Waals surface area contributed by atoms with Crippen LogP contribution in [0.3, 0.4) is 0 Å². The number of H-pyrrole nitrogens is 1. The van der Waals surface area contributed by atoms with Gasteiger partial charge in [-0.05, 0) is 37.1 Å². The number of aromatic amines is 1. The van der Waals surface area contributed by atoms with Gasteiger partial charge in [0.05, 0.1) is 0 Å². The van der Waals surface area contributed by atoms with Crippen LogP contribution in [-0.2, 0) is 12.8 Å². The smallest absolute Gasteiger partial charge is 0.271 e. The van der Waals surface area contributed by atoms with E-state index in [1.807, 2.05) is 0 Å². The summed E-state index contributed by atoms with van der Waals surface area (Å²) < 4.78 is 0. The zero-order valence-electron chi connectivity index (χ0n) is 15.6. The van der Waals surface area contributed by atoms with Crippen molar-refractivity contribution < 1.29 is 4.79 Å². The van der Waals surface area contributed by atoms with Crippen molar-refractivity contribution in [2.45, 2.75) is 65.8 Å². The number of carbonyl (C=O) groups excluding carboxylic acids is 1. The Kier molecular flexibility index (Phi) is 5.00. The maximum Gasteiger partial charge on any atom is 0.271 e. The van der Waals surface area contributed by atoms with Crippen molar-refractivity contribution in [1.82, 2.24) is 20.2 Å². The fraction of sp³-hybridized carbons (Fsp3) is 0.789. The lowest BCUT2D eigenvalue weighted by Crippen LogP contribution is -2.43. The van der Waals surface area contributed by atoms with Gasteiger partial charge in [-0.2, -0.15) is 0 Å². The highest BCUT2D eigenvalue weighted by Gasteiger charge is 2.31. The van der Waals surface area contributed by atoms with Crippen LogP contribution in [0.5, 0.6) is 0 Å². The third-order valence-electron chi connectivity index (χ3n) is 5.20. The zero-order chi connectivity index (χ0) is 17.3. The van der Waals surface area contributed by atoms with Crippen LogP contribution < -0.4 is 5.32 Å². The Morgan fingerprint density at radius 2 is 2.12 bits per heavy atom. The van der Waals surface area contributed by atoms with E-state index in [-0.39, 0.29) is 11.3 Å². The van der Waals surface area contributed by atoms with Crippen LogP contribution in [-0.4, -0.2) is 46.5 Å². The highest BCUT2D eigenvalue weighted by molar-refractivity contribution is 5.93. The van der Waals surface area contributed by atoms with Crippen LogP contribution in [0.4, 0.5) is 0 Å². The molecule has 1 aromatic rings. The second kappa shape index (κ2) is 6.87. The van der Waals surface area contributed by atoms with E-state index in [0.717, 1.165) is 30.9 Å². The summed E-state index contributed by atoms with van der Waals surface area (Å²) in [7, 11) is 0. The summed E-state index contributed by atoms with van der Waals surface area (Å²) in [5.74, 6) is 1.64. The SMILES string of the molecule is CC(C)CN1CCCC[C@H]1Cc1nc2c([nH]1)CC(C)(C)CNC2=O. The van der Waals surface area contributed by atoms with E-state index in [4.69, 9.17) is 0 Å². The number of imidazole rings is 1. The molecule has 24 heavy (non-hydrogen) atoms. The monoisotopic (exact) mass is 332 g/mol. The molecule has 2 N–H and O–H groups in total. The summed E-state index contributed by atoms with van der Waals surface area (Å²) >= 11 is 0. The van der Waals surface area contributed by atoms with Crippen molar-refractivity contribution in [3.8, 4) is 0 Å². The number of nitrogens with zero attached hydrogens (tertiary/aromatic N) is 2. The third-order valence-corrected chi connectivity index (χ3v) is 5.20. The number of rotatable bonds is 4. The van der Waals surface area contributed by atoms with Crippen LogP contribution in [0, 0.1) is 11.3 Å². The second-order valence-corrected chi connectivity index (χ2v) is 8.78. The van der Waals surface area contributed by atoms with Gasteiger partial charge in [-0.15, -0.1) is 0 Å². The maximum atomic E-state index is 12.3. The Labute approximate surface area is 145 Å². The van der Waals surface area contributed by atoms with Gasteiger partial charge in [0.25, 0.3) is 5.91 Å². The quantitative estimate of drug-likeness (QED) is 0.891. The summed E-state index contributed by atoms with van der Waals surface area (Å²) in [6, 6.07) is 0.548. The van der Waals surface area contributed by atoms with Gasteiger partial charge >= 0.3 is 0 Å². The van der Waals surface area contributed by atoms with Gasteiger partial charge in [-0.3, -0.25) is 9.69 Å². The number of amides is 1. The minimum Gasteiger partial charge on any atom is -0.350 e. The molecule has 5 heteroatoms. The van der Waals surface area contributed by atoms with Crippen molar-refractivity contribution in [3.05, 3.63) is 17.2 Å². The molecule has 1 aromatic heterocycles. The minimum absolute atomic E-state index is 0.0271. The summed E-state index contributed by atoms with van der Waals surface area (Å²) in [6.07, 6.45) is 5.62. The fourth-order valence-electron chi connectivity index (χ4n) is 4.04. The van der Waals surface area contributed by atoms with Crippen LogP contribution in [0.2, 0.25) is 0 Å². The Morgan fingerprint density at radius 3 is 2.88 bits per heavy atom. The zero-order valence-corrected chi connectivity index (χ0v) is 15.6. The largest absolute Gasteiger partial charge is 0.350 e. The fourth-order valence-corrected chi connectivity index (χ4v) is 4.04. The maximum absolute atomic E-state index is 12.3. The first-order chi connectivity index (χ1) is 11.3. The first kappa shape index (κ1) is 17.5. The van der Waals surface area contributed by atoms with Crippen molar-refractivity contribution in [2.75, 3.05) is 19.6 Å². The van der Waals surface area contributed by atoms with E-state index in [1.54, 1.807) is 0 Å². The normalized spacial score (nSPS) is 24.5. The lowest BCUT2D eigenvalue weighted by Gasteiger charge is -2.36. The third kappa shape index (κ3) is 4.00. The van der Waals surface area contributed by atoms with Crippen molar-refractivity contribution in [2.24, 2.45) is 11.3 Å². The molecule has 0 saturated carbocycles. The Hall–Kier alpha value is -1.36. The number of hydrogen-bond acceptors (Lipinski definition) is 3. The Balaban J connectivity index is 1.76. The molecule has 1 saturated heterocycles. The molecule has 0 spiro atoms. The van der Waals surface area contributed by atoms with Crippen molar-refractivity contribution in [1.29, 1.82) is 0 Å².